The average Bonchev–Trinajstić information content (AvgIpc) is 3.15. The van der Waals surface area contributed by atoms with E-state index in [1.807, 2.05) is 6.92 Å². The zero-order valence-corrected chi connectivity index (χ0v) is 16.1. The van der Waals surface area contributed by atoms with Crippen LogP contribution in [-0.2, 0) is 11.2 Å². The third-order valence-electron chi connectivity index (χ3n) is 3.97. The molecule has 3 rings (SSSR count). The van der Waals surface area contributed by atoms with Gasteiger partial charge in [-0.3, -0.25) is 20.4 Å². The molecule has 2 amide bonds. The Balaban J connectivity index is 1.56. The molecule has 0 saturated carbocycles. The summed E-state index contributed by atoms with van der Waals surface area (Å²) < 4.78 is 18.2. The van der Waals surface area contributed by atoms with Gasteiger partial charge >= 0.3 is 0 Å². The Bertz CT molecular complexity index is 1000. The zero-order valence-electron chi connectivity index (χ0n) is 15.3. The van der Waals surface area contributed by atoms with Crippen LogP contribution < -0.4 is 15.6 Å². The predicted octanol–water partition coefficient (Wildman–Crippen LogP) is 3.27. The molecular formula is C20H18FN3O3S. The summed E-state index contributed by atoms with van der Waals surface area (Å²) in [5, 5.41) is 2.45. The molecule has 0 fully saturated rings. The number of aromatic nitrogens is 1. The molecule has 6 nitrogen and oxygen atoms in total. The van der Waals surface area contributed by atoms with Crippen molar-refractivity contribution in [2.75, 3.05) is 7.11 Å². The molecule has 2 N–H and O–H groups in total. The Kier molecular flexibility index (Phi) is 6.00. The number of rotatable bonds is 5. The van der Waals surface area contributed by atoms with Crippen molar-refractivity contribution >= 4 is 23.2 Å². The molecule has 3 aromatic rings. The molecule has 1 heterocycles. The van der Waals surface area contributed by atoms with E-state index in [4.69, 9.17) is 4.74 Å². The van der Waals surface area contributed by atoms with Gasteiger partial charge in [-0.1, -0.05) is 6.07 Å². The molecule has 1 aromatic heterocycles. The molecule has 28 heavy (non-hydrogen) atoms. The second-order valence-electron chi connectivity index (χ2n) is 6.01. The van der Waals surface area contributed by atoms with E-state index in [-0.39, 0.29) is 12.2 Å². The number of halogens is 1. The number of hydrogen-bond donors (Lipinski definition) is 2. The third-order valence-corrected chi connectivity index (χ3v) is 4.91. The van der Waals surface area contributed by atoms with Crippen LogP contribution in [0.1, 0.15) is 21.6 Å². The van der Waals surface area contributed by atoms with E-state index >= 15 is 0 Å². The van der Waals surface area contributed by atoms with Crippen molar-refractivity contribution in [3.8, 4) is 16.3 Å². The van der Waals surface area contributed by atoms with Gasteiger partial charge in [0.25, 0.3) is 5.91 Å². The van der Waals surface area contributed by atoms with Gasteiger partial charge < -0.3 is 4.74 Å². The lowest BCUT2D eigenvalue weighted by molar-refractivity contribution is -0.121. The van der Waals surface area contributed by atoms with Gasteiger partial charge in [-0.25, -0.2) is 9.37 Å². The van der Waals surface area contributed by atoms with Crippen LogP contribution in [0.2, 0.25) is 0 Å². The second-order valence-corrected chi connectivity index (χ2v) is 6.87. The van der Waals surface area contributed by atoms with E-state index in [2.05, 4.69) is 15.8 Å². The standard InChI is InChI=1S/C20H18FN3O3S/c1-12-3-4-14(9-17(12)27-2)19(26)24-23-18(25)10-16-11-28-20(22-16)13-5-7-15(21)8-6-13/h3-9,11H,10H2,1-2H3,(H,23,25)(H,24,26). The van der Waals surface area contributed by atoms with Gasteiger partial charge in [0.1, 0.15) is 16.6 Å². The lowest BCUT2D eigenvalue weighted by Crippen LogP contribution is -2.42. The molecule has 0 bridgehead atoms. The summed E-state index contributed by atoms with van der Waals surface area (Å²) in [7, 11) is 1.53. The van der Waals surface area contributed by atoms with Crippen LogP contribution in [0.15, 0.2) is 47.8 Å². The normalized spacial score (nSPS) is 10.4. The maximum atomic E-state index is 13.0. The highest BCUT2D eigenvalue weighted by molar-refractivity contribution is 7.13. The lowest BCUT2D eigenvalue weighted by atomic mass is 10.1. The molecule has 0 atom stereocenters. The van der Waals surface area contributed by atoms with Crippen LogP contribution in [0.4, 0.5) is 4.39 Å². The van der Waals surface area contributed by atoms with E-state index in [0.29, 0.717) is 22.0 Å². The third kappa shape index (κ3) is 4.72. The Labute approximate surface area is 165 Å². The minimum absolute atomic E-state index is 0.00912. The van der Waals surface area contributed by atoms with E-state index in [9.17, 15) is 14.0 Å². The topological polar surface area (TPSA) is 80.3 Å². The number of thiazole rings is 1. The van der Waals surface area contributed by atoms with Crippen molar-refractivity contribution in [1.82, 2.24) is 15.8 Å². The maximum Gasteiger partial charge on any atom is 0.269 e. The molecule has 144 valence electrons. The number of nitrogens with zero attached hydrogens (tertiary/aromatic N) is 1. The Hall–Kier alpha value is -3.26. The molecule has 2 aromatic carbocycles. The van der Waals surface area contributed by atoms with Crippen LogP contribution in [0.3, 0.4) is 0 Å². The highest BCUT2D eigenvalue weighted by Gasteiger charge is 2.12. The van der Waals surface area contributed by atoms with Crippen LogP contribution in [0.25, 0.3) is 10.6 Å². The fraction of sp³-hybridized carbons (Fsp3) is 0.150. The van der Waals surface area contributed by atoms with Crippen LogP contribution in [-0.4, -0.2) is 23.9 Å². The Morgan fingerprint density at radius 2 is 1.89 bits per heavy atom. The second kappa shape index (κ2) is 8.62. The zero-order chi connectivity index (χ0) is 20.1. The van der Waals surface area contributed by atoms with Crippen LogP contribution in [0.5, 0.6) is 5.75 Å². The first-order valence-electron chi connectivity index (χ1n) is 8.40. The van der Waals surface area contributed by atoms with E-state index in [1.165, 1.54) is 30.6 Å². The highest BCUT2D eigenvalue weighted by Crippen LogP contribution is 2.24. The Morgan fingerprint density at radius 3 is 2.61 bits per heavy atom. The summed E-state index contributed by atoms with van der Waals surface area (Å²) in [4.78, 5) is 28.6. The number of methoxy groups -OCH3 is 1. The SMILES string of the molecule is COc1cc(C(=O)NNC(=O)Cc2csc(-c3ccc(F)cc3)n2)ccc1C. The smallest absolute Gasteiger partial charge is 0.269 e. The summed E-state index contributed by atoms with van der Waals surface area (Å²) in [6.45, 7) is 1.87. The lowest BCUT2D eigenvalue weighted by Gasteiger charge is -2.09. The van der Waals surface area contributed by atoms with Crippen molar-refractivity contribution < 1.29 is 18.7 Å². The highest BCUT2D eigenvalue weighted by atomic mass is 32.1. The van der Waals surface area contributed by atoms with Gasteiger partial charge in [0.05, 0.1) is 19.2 Å². The first-order chi connectivity index (χ1) is 13.5. The number of ether oxygens (including phenoxy) is 1. The van der Waals surface area contributed by atoms with Crippen molar-refractivity contribution in [2.45, 2.75) is 13.3 Å². The van der Waals surface area contributed by atoms with E-state index < -0.39 is 11.8 Å². The summed E-state index contributed by atoms with van der Waals surface area (Å²) in [5.41, 5.74) is 7.37. The Morgan fingerprint density at radius 1 is 1.14 bits per heavy atom. The van der Waals surface area contributed by atoms with Crippen LogP contribution >= 0.6 is 11.3 Å². The van der Waals surface area contributed by atoms with Gasteiger partial charge in [0, 0.05) is 16.5 Å². The predicted molar refractivity (Wildman–Crippen MR) is 105 cm³/mol. The minimum Gasteiger partial charge on any atom is -0.496 e. The monoisotopic (exact) mass is 399 g/mol. The minimum atomic E-state index is -0.447. The van der Waals surface area contributed by atoms with E-state index in [0.717, 1.165) is 11.1 Å². The first kappa shape index (κ1) is 19.5. The van der Waals surface area contributed by atoms with Crippen molar-refractivity contribution in [3.05, 3.63) is 70.5 Å². The van der Waals surface area contributed by atoms with Gasteiger partial charge in [0.15, 0.2) is 0 Å². The molecule has 0 aliphatic heterocycles. The number of aryl methyl sites for hydroxylation is 1. The molecule has 0 aliphatic rings. The number of amides is 2. The van der Waals surface area contributed by atoms with Crippen LogP contribution in [0, 0.1) is 12.7 Å². The first-order valence-corrected chi connectivity index (χ1v) is 9.28. The van der Waals surface area contributed by atoms with E-state index in [1.54, 1.807) is 35.7 Å². The number of nitrogens with one attached hydrogen (secondary N) is 2. The van der Waals surface area contributed by atoms with Crippen molar-refractivity contribution in [1.29, 1.82) is 0 Å². The molecule has 8 heteroatoms. The average molecular weight is 399 g/mol. The summed E-state index contributed by atoms with van der Waals surface area (Å²) in [6, 6.07) is 11.0. The number of benzene rings is 2. The molecule has 0 aliphatic carbocycles. The summed E-state index contributed by atoms with van der Waals surface area (Å²) >= 11 is 1.36. The molecular weight excluding hydrogens is 381 g/mol. The number of hydrazine groups is 1. The largest absolute Gasteiger partial charge is 0.496 e. The maximum absolute atomic E-state index is 13.0. The summed E-state index contributed by atoms with van der Waals surface area (Å²) in [6.07, 6.45) is 0.00912. The van der Waals surface area contributed by atoms with Crippen molar-refractivity contribution in [2.24, 2.45) is 0 Å². The van der Waals surface area contributed by atoms with Gasteiger partial charge in [-0.05, 0) is 48.9 Å². The van der Waals surface area contributed by atoms with Gasteiger partial charge in [-0.2, -0.15) is 0 Å². The number of carbonyl (C=O) groups is 2. The fourth-order valence-electron chi connectivity index (χ4n) is 2.48. The molecule has 0 unspecified atom stereocenters. The molecule has 0 spiro atoms. The number of carbonyl (C=O) groups excluding carboxylic acids is 2. The quantitative estimate of drug-likeness (QED) is 0.646. The number of hydrogen-bond acceptors (Lipinski definition) is 5. The summed E-state index contributed by atoms with van der Waals surface area (Å²) in [5.74, 6) is -0.572. The molecule has 0 saturated heterocycles. The molecule has 0 radical (unpaired) electrons. The fourth-order valence-corrected chi connectivity index (χ4v) is 3.31. The van der Waals surface area contributed by atoms with Gasteiger partial charge in [0.2, 0.25) is 5.91 Å². The van der Waals surface area contributed by atoms with Crippen molar-refractivity contribution in [3.63, 3.8) is 0 Å². The van der Waals surface area contributed by atoms with Gasteiger partial charge in [-0.15, -0.1) is 11.3 Å².